The van der Waals surface area contributed by atoms with E-state index in [1.54, 1.807) is 4.90 Å². The molecule has 1 N–H and O–H groups in total. The van der Waals surface area contributed by atoms with Crippen LogP contribution < -0.4 is 0 Å². The minimum Gasteiger partial charge on any atom is -0.287 e. The van der Waals surface area contributed by atoms with Crippen molar-refractivity contribution >= 4 is 0 Å². The molecule has 2 rings (SSSR count). The Bertz CT molecular complexity index is 371. The molecule has 1 aromatic rings. The first kappa shape index (κ1) is 12.3. The molecule has 1 fully saturated rings. The fourth-order valence-corrected chi connectivity index (χ4v) is 2.22. The summed E-state index contributed by atoms with van der Waals surface area (Å²) < 4.78 is 27.0. The van der Waals surface area contributed by atoms with E-state index in [1.165, 1.54) is 0 Å². The number of tetrazole rings is 1. The first-order valence-electron chi connectivity index (χ1n) is 5.62. The third-order valence-corrected chi connectivity index (χ3v) is 2.70. The van der Waals surface area contributed by atoms with Gasteiger partial charge in [0, 0.05) is 13.0 Å². The molecule has 1 saturated heterocycles. The largest absolute Gasteiger partial charge is 0.287 e. The summed E-state index contributed by atoms with van der Waals surface area (Å²) in [5.74, 6) is -2.32. The molecular weight excluding hydrogens is 228 g/mol. The number of halogens is 2. The van der Waals surface area contributed by atoms with Crippen LogP contribution in [0.25, 0.3) is 0 Å². The van der Waals surface area contributed by atoms with Gasteiger partial charge < -0.3 is 0 Å². The van der Waals surface area contributed by atoms with Crippen molar-refractivity contribution in [2.45, 2.75) is 39.2 Å². The number of hydrogen-bond donors (Lipinski definition) is 1. The lowest BCUT2D eigenvalue weighted by Crippen LogP contribution is -2.34. The minimum absolute atomic E-state index is 0.0393. The van der Waals surface area contributed by atoms with Crippen LogP contribution in [0.2, 0.25) is 0 Å². The van der Waals surface area contributed by atoms with Gasteiger partial charge in [0.15, 0.2) is 5.82 Å². The van der Waals surface area contributed by atoms with Gasteiger partial charge in [-0.25, -0.2) is 8.78 Å². The number of H-pyrrole nitrogens is 1. The molecule has 1 atom stereocenters. The second kappa shape index (κ2) is 3.97. The van der Waals surface area contributed by atoms with Gasteiger partial charge in [0.25, 0.3) is 5.92 Å². The van der Waals surface area contributed by atoms with E-state index in [-0.39, 0.29) is 18.4 Å². The Kier molecular flexibility index (Phi) is 2.89. The van der Waals surface area contributed by atoms with E-state index in [0.717, 1.165) is 0 Å². The summed E-state index contributed by atoms with van der Waals surface area (Å²) >= 11 is 0. The van der Waals surface area contributed by atoms with Crippen LogP contribution in [0, 0.1) is 5.41 Å². The van der Waals surface area contributed by atoms with E-state index in [0.29, 0.717) is 12.4 Å². The van der Waals surface area contributed by atoms with Crippen molar-refractivity contribution in [2.75, 3.05) is 13.1 Å². The van der Waals surface area contributed by atoms with Crippen molar-refractivity contribution in [3.63, 3.8) is 0 Å². The lowest BCUT2D eigenvalue weighted by atomic mass is 9.95. The molecule has 1 unspecified atom stereocenters. The summed E-state index contributed by atoms with van der Waals surface area (Å²) in [5.41, 5.74) is -0.0393. The molecule has 7 heteroatoms. The molecule has 2 heterocycles. The molecule has 0 aromatic carbocycles. The molecule has 96 valence electrons. The monoisotopic (exact) mass is 245 g/mol. The summed E-state index contributed by atoms with van der Waals surface area (Å²) in [6.45, 7) is 6.43. The average molecular weight is 245 g/mol. The highest BCUT2D eigenvalue weighted by Gasteiger charge is 2.47. The van der Waals surface area contributed by atoms with Gasteiger partial charge in [0.2, 0.25) is 0 Å². The second-order valence-electron chi connectivity index (χ2n) is 5.81. The summed E-state index contributed by atoms with van der Waals surface area (Å²) in [6, 6.07) is -0.442. The fourth-order valence-electron chi connectivity index (χ4n) is 2.22. The van der Waals surface area contributed by atoms with Crippen LogP contribution in [0.5, 0.6) is 0 Å². The standard InChI is InChI=1S/C10H17F2N5/c1-9(2,3)5-17-6-10(11,12)4-7(17)8-13-15-16-14-8/h7H,4-6H2,1-3H3,(H,13,14,15,16). The molecule has 1 aliphatic rings. The quantitative estimate of drug-likeness (QED) is 0.860. The van der Waals surface area contributed by atoms with Crippen molar-refractivity contribution in [2.24, 2.45) is 5.41 Å². The number of hydrogen-bond acceptors (Lipinski definition) is 4. The smallest absolute Gasteiger partial charge is 0.262 e. The number of rotatable bonds is 2. The van der Waals surface area contributed by atoms with Crippen LogP contribution in [-0.2, 0) is 0 Å². The lowest BCUT2D eigenvalue weighted by Gasteiger charge is -2.29. The summed E-state index contributed by atoms with van der Waals surface area (Å²) in [6.07, 6.45) is -0.234. The molecule has 1 aromatic heterocycles. The average Bonchev–Trinajstić information content (AvgIpc) is 2.69. The zero-order chi connectivity index (χ0) is 12.7. The Labute approximate surface area is 98.6 Å². The zero-order valence-electron chi connectivity index (χ0n) is 10.2. The molecule has 0 spiro atoms. The molecule has 0 aliphatic carbocycles. The molecule has 17 heavy (non-hydrogen) atoms. The Morgan fingerprint density at radius 2 is 2.18 bits per heavy atom. The van der Waals surface area contributed by atoms with E-state index in [2.05, 4.69) is 20.6 Å². The molecule has 5 nitrogen and oxygen atoms in total. The highest BCUT2D eigenvalue weighted by molar-refractivity contribution is 5.01. The second-order valence-corrected chi connectivity index (χ2v) is 5.81. The van der Waals surface area contributed by atoms with Crippen LogP contribution in [0.15, 0.2) is 0 Å². The Hall–Kier alpha value is -1.11. The topological polar surface area (TPSA) is 57.7 Å². The van der Waals surface area contributed by atoms with E-state index >= 15 is 0 Å². The summed E-state index contributed by atoms with van der Waals surface area (Å²) in [5, 5.41) is 13.4. The molecule has 0 saturated carbocycles. The number of aromatic nitrogens is 4. The van der Waals surface area contributed by atoms with Crippen LogP contribution >= 0.6 is 0 Å². The first-order valence-corrected chi connectivity index (χ1v) is 5.62. The number of nitrogens with one attached hydrogen (secondary N) is 1. The van der Waals surface area contributed by atoms with Gasteiger partial charge >= 0.3 is 0 Å². The zero-order valence-corrected chi connectivity index (χ0v) is 10.2. The van der Waals surface area contributed by atoms with Crippen LogP contribution in [0.3, 0.4) is 0 Å². The number of nitrogens with zero attached hydrogens (tertiary/aromatic N) is 4. The molecule has 0 radical (unpaired) electrons. The Balaban J connectivity index is 2.17. The normalized spacial score (nSPS) is 25.4. The predicted molar refractivity (Wildman–Crippen MR) is 57.5 cm³/mol. The number of aromatic amines is 1. The molecule has 0 amide bonds. The minimum atomic E-state index is -2.67. The molecule has 0 bridgehead atoms. The third-order valence-electron chi connectivity index (χ3n) is 2.70. The maximum Gasteiger partial charge on any atom is 0.262 e. The predicted octanol–water partition coefficient (Wildman–Crippen LogP) is 1.63. The maximum absolute atomic E-state index is 13.5. The molecular formula is C10H17F2N5. The van der Waals surface area contributed by atoms with Gasteiger partial charge in [-0.3, -0.25) is 4.90 Å². The Morgan fingerprint density at radius 1 is 1.47 bits per heavy atom. The highest BCUT2D eigenvalue weighted by atomic mass is 19.3. The maximum atomic E-state index is 13.5. The Morgan fingerprint density at radius 3 is 2.71 bits per heavy atom. The van der Waals surface area contributed by atoms with E-state index in [4.69, 9.17) is 0 Å². The van der Waals surface area contributed by atoms with E-state index < -0.39 is 12.0 Å². The van der Waals surface area contributed by atoms with Gasteiger partial charge in [0.05, 0.1) is 12.6 Å². The van der Waals surface area contributed by atoms with Crippen molar-refractivity contribution < 1.29 is 8.78 Å². The van der Waals surface area contributed by atoms with Gasteiger partial charge in [-0.1, -0.05) is 26.0 Å². The highest BCUT2D eigenvalue weighted by Crippen LogP contribution is 2.40. The lowest BCUT2D eigenvalue weighted by molar-refractivity contribution is 0.00940. The summed E-state index contributed by atoms with van der Waals surface area (Å²) in [4.78, 5) is 1.74. The van der Waals surface area contributed by atoms with Crippen molar-refractivity contribution in [1.82, 2.24) is 25.5 Å². The van der Waals surface area contributed by atoms with Crippen LogP contribution in [0.4, 0.5) is 8.78 Å². The van der Waals surface area contributed by atoms with Crippen molar-refractivity contribution in [3.05, 3.63) is 5.82 Å². The SMILES string of the molecule is CC(C)(C)CN1CC(F)(F)CC1c1nn[nH]n1. The fraction of sp³-hybridized carbons (Fsp3) is 0.900. The van der Waals surface area contributed by atoms with Crippen molar-refractivity contribution in [1.29, 1.82) is 0 Å². The van der Waals surface area contributed by atoms with Gasteiger partial charge in [-0.05, 0) is 5.41 Å². The molecule has 1 aliphatic heterocycles. The van der Waals surface area contributed by atoms with Gasteiger partial charge in [0.1, 0.15) is 0 Å². The summed E-state index contributed by atoms with van der Waals surface area (Å²) in [7, 11) is 0. The van der Waals surface area contributed by atoms with E-state index in [9.17, 15) is 8.78 Å². The van der Waals surface area contributed by atoms with Crippen LogP contribution in [-0.4, -0.2) is 44.5 Å². The first-order chi connectivity index (χ1) is 7.77. The van der Waals surface area contributed by atoms with Gasteiger partial charge in [-0.15, -0.1) is 10.2 Å². The number of likely N-dealkylation sites (tertiary alicyclic amines) is 1. The third kappa shape index (κ3) is 2.96. The number of alkyl halides is 2. The van der Waals surface area contributed by atoms with Crippen molar-refractivity contribution in [3.8, 4) is 0 Å². The van der Waals surface area contributed by atoms with Crippen LogP contribution in [0.1, 0.15) is 39.1 Å². The van der Waals surface area contributed by atoms with Gasteiger partial charge in [-0.2, -0.15) is 5.21 Å². The van der Waals surface area contributed by atoms with E-state index in [1.807, 2.05) is 20.8 Å².